The highest BCUT2D eigenvalue weighted by Crippen LogP contribution is 2.39. The second-order valence-electron chi connectivity index (χ2n) is 7.62. The van der Waals surface area contributed by atoms with E-state index in [2.05, 4.69) is 31.5 Å². The first kappa shape index (κ1) is 20.7. The van der Waals surface area contributed by atoms with Crippen LogP contribution in [0.5, 0.6) is 11.5 Å². The molecule has 3 heterocycles. The van der Waals surface area contributed by atoms with Crippen LogP contribution < -0.4 is 31.4 Å². The van der Waals surface area contributed by atoms with Crippen LogP contribution in [0.4, 0.5) is 5.69 Å². The van der Waals surface area contributed by atoms with Gasteiger partial charge in [0.25, 0.3) is 11.6 Å². The predicted molar refractivity (Wildman–Crippen MR) is 111 cm³/mol. The first-order valence-electron chi connectivity index (χ1n) is 9.94. The van der Waals surface area contributed by atoms with Crippen molar-refractivity contribution >= 4 is 27.5 Å². The lowest BCUT2D eigenvalue weighted by atomic mass is 10.0. The molecule has 5 nitrogen and oxygen atoms in total. The molecule has 1 unspecified atom stereocenters. The zero-order chi connectivity index (χ0) is 19.1. The molecule has 2 aromatic carbocycles. The third-order valence-corrected chi connectivity index (χ3v) is 6.40. The smallest absolute Gasteiger partial charge is 0.271 e. The van der Waals surface area contributed by atoms with E-state index in [0.717, 1.165) is 53.0 Å². The maximum absolute atomic E-state index is 11.8. The lowest BCUT2D eigenvalue weighted by Crippen LogP contribution is -3.00. The number of hydrogen-bond acceptors (Lipinski definition) is 4. The Balaban J connectivity index is 0.00000205. The lowest BCUT2D eigenvalue weighted by Gasteiger charge is -2.24. The van der Waals surface area contributed by atoms with Gasteiger partial charge in [-0.1, -0.05) is 28.1 Å². The average Bonchev–Trinajstić information content (AvgIpc) is 2.87. The van der Waals surface area contributed by atoms with Gasteiger partial charge >= 0.3 is 0 Å². The van der Waals surface area contributed by atoms with Crippen molar-refractivity contribution in [2.75, 3.05) is 31.2 Å². The van der Waals surface area contributed by atoms with Crippen molar-refractivity contribution in [3.63, 3.8) is 0 Å². The van der Waals surface area contributed by atoms with Crippen LogP contribution in [0, 0.1) is 0 Å². The zero-order valence-corrected chi connectivity index (χ0v) is 19.3. The first-order valence-corrected chi connectivity index (χ1v) is 10.7. The van der Waals surface area contributed by atoms with Gasteiger partial charge in [0, 0.05) is 22.5 Å². The van der Waals surface area contributed by atoms with Gasteiger partial charge in [-0.2, -0.15) is 0 Å². The Morgan fingerprint density at radius 1 is 0.966 bits per heavy atom. The molecule has 0 aromatic heterocycles. The van der Waals surface area contributed by atoms with E-state index in [0.29, 0.717) is 19.8 Å². The molecular weight excluding hydrogens is 500 g/mol. The molecule has 154 valence electrons. The largest absolute Gasteiger partial charge is 1.00 e. The number of amidine groups is 1. The summed E-state index contributed by atoms with van der Waals surface area (Å²) in [6.45, 7) is 2.53. The van der Waals surface area contributed by atoms with Crippen LogP contribution in [0.15, 0.2) is 46.9 Å². The molecule has 0 amide bonds. The number of hydrogen-bond donors (Lipinski definition) is 1. The summed E-state index contributed by atoms with van der Waals surface area (Å²) in [5.74, 6) is 2.77. The van der Waals surface area contributed by atoms with Crippen LogP contribution >= 0.6 is 15.9 Å². The number of β-amino-alcohol motifs (C(OH)–C–C–N with tert-alkyl or cyclic N) is 1. The summed E-state index contributed by atoms with van der Waals surface area (Å²) in [5.41, 5.74) is 0.933. The SMILES string of the molecule is OC1(c2ccc(Br)cc2)CN(c2ccc3c(c2)OCCO3)C2=[N+]1CCCCC2.[Br-]. The van der Waals surface area contributed by atoms with Gasteiger partial charge in [0.2, 0.25) is 0 Å². The molecule has 1 N–H and O–H groups in total. The highest BCUT2D eigenvalue weighted by atomic mass is 79.9. The number of ether oxygens (including phenoxy) is 2. The molecule has 3 aliphatic heterocycles. The summed E-state index contributed by atoms with van der Waals surface area (Å²) in [6, 6.07) is 14.1. The fourth-order valence-electron chi connectivity index (χ4n) is 4.47. The maximum Gasteiger partial charge on any atom is 0.271 e. The number of nitrogens with zero attached hydrogens (tertiary/aromatic N) is 2. The Hall–Kier alpha value is -1.57. The van der Waals surface area contributed by atoms with Gasteiger partial charge in [-0.15, -0.1) is 0 Å². The van der Waals surface area contributed by atoms with Crippen LogP contribution in [0.3, 0.4) is 0 Å². The molecule has 0 saturated carbocycles. The quantitative estimate of drug-likeness (QED) is 0.593. The number of benzene rings is 2. The number of rotatable bonds is 2. The van der Waals surface area contributed by atoms with Crippen molar-refractivity contribution < 1.29 is 36.1 Å². The lowest BCUT2D eigenvalue weighted by molar-refractivity contribution is -0.658. The van der Waals surface area contributed by atoms with Crippen molar-refractivity contribution in [2.24, 2.45) is 0 Å². The fourth-order valence-corrected chi connectivity index (χ4v) is 4.74. The molecule has 7 heteroatoms. The Morgan fingerprint density at radius 3 is 2.52 bits per heavy atom. The number of aliphatic hydroxyl groups is 1. The molecule has 1 atom stereocenters. The molecule has 0 radical (unpaired) electrons. The van der Waals surface area contributed by atoms with Gasteiger partial charge < -0.3 is 31.6 Å². The van der Waals surface area contributed by atoms with E-state index >= 15 is 0 Å². The molecule has 0 saturated heterocycles. The van der Waals surface area contributed by atoms with Gasteiger partial charge in [-0.25, -0.2) is 9.48 Å². The van der Waals surface area contributed by atoms with Gasteiger partial charge in [0.15, 0.2) is 18.0 Å². The number of anilines is 1. The summed E-state index contributed by atoms with van der Waals surface area (Å²) >= 11 is 3.50. The van der Waals surface area contributed by atoms with E-state index in [9.17, 15) is 5.11 Å². The normalized spacial score (nSPS) is 23.3. The minimum absolute atomic E-state index is 0. The molecular formula is C22H24Br2N2O3. The maximum atomic E-state index is 11.8. The molecule has 2 aromatic rings. The van der Waals surface area contributed by atoms with E-state index in [1.165, 1.54) is 12.3 Å². The van der Waals surface area contributed by atoms with Gasteiger partial charge in [-0.05, 0) is 43.5 Å². The van der Waals surface area contributed by atoms with Gasteiger partial charge in [-0.3, -0.25) is 0 Å². The highest BCUT2D eigenvalue weighted by Gasteiger charge is 2.52. The van der Waals surface area contributed by atoms with Crippen molar-refractivity contribution in [2.45, 2.75) is 31.4 Å². The number of fused-ring (bicyclic) bond motifs is 1. The van der Waals surface area contributed by atoms with E-state index in [-0.39, 0.29) is 17.0 Å². The summed E-state index contributed by atoms with van der Waals surface area (Å²) in [5, 5.41) is 11.8. The third-order valence-electron chi connectivity index (χ3n) is 5.87. The van der Waals surface area contributed by atoms with E-state index in [4.69, 9.17) is 9.47 Å². The molecule has 0 fully saturated rings. The van der Waals surface area contributed by atoms with Crippen LogP contribution in [-0.4, -0.2) is 41.8 Å². The van der Waals surface area contributed by atoms with Crippen molar-refractivity contribution in [3.8, 4) is 11.5 Å². The molecule has 0 bridgehead atoms. The Kier molecular flexibility index (Phi) is 5.91. The molecule has 0 aliphatic carbocycles. The minimum atomic E-state index is -1.03. The van der Waals surface area contributed by atoms with Crippen LogP contribution in [0.25, 0.3) is 0 Å². The Morgan fingerprint density at radius 2 is 1.72 bits per heavy atom. The molecule has 3 aliphatic rings. The fraction of sp³-hybridized carbons (Fsp3) is 0.409. The van der Waals surface area contributed by atoms with Gasteiger partial charge in [0.1, 0.15) is 18.9 Å². The van der Waals surface area contributed by atoms with E-state index in [1.54, 1.807) is 0 Å². The Labute approximate surface area is 189 Å². The van der Waals surface area contributed by atoms with Crippen LogP contribution in [0.2, 0.25) is 0 Å². The predicted octanol–water partition coefficient (Wildman–Crippen LogP) is 0.875. The molecule has 5 rings (SSSR count). The summed E-state index contributed by atoms with van der Waals surface area (Å²) in [6.07, 6.45) is 4.39. The topological polar surface area (TPSA) is 44.9 Å². The standard InChI is InChI=1S/C22H24BrN2O3.BrH/c23-17-7-5-16(6-8-17)22(26)15-24(21-4-2-1-3-11-25(21)22)18-9-10-19-20(14-18)28-13-12-27-19;/h5-10,14,26H,1-4,11-13,15H2;1H/q+1;/p-1. The third kappa shape index (κ3) is 3.68. The highest BCUT2D eigenvalue weighted by molar-refractivity contribution is 9.10. The average molecular weight is 524 g/mol. The molecule has 29 heavy (non-hydrogen) atoms. The van der Waals surface area contributed by atoms with Gasteiger partial charge in [0.05, 0.1) is 6.54 Å². The summed E-state index contributed by atoms with van der Waals surface area (Å²) in [7, 11) is 0. The van der Waals surface area contributed by atoms with Crippen molar-refractivity contribution in [3.05, 3.63) is 52.5 Å². The summed E-state index contributed by atoms with van der Waals surface area (Å²) < 4.78 is 14.7. The van der Waals surface area contributed by atoms with E-state index in [1.807, 2.05) is 36.4 Å². The second kappa shape index (κ2) is 8.28. The minimum Gasteiger partial charge on any atom is -1.00 e. The van der Waals surface area contributed by atoms with Crippen molar-refractivity contribution in [1.29, 1.82) is 0 Å². The van der Waals surface area contributed by atoms with Crippen LogP contribution in [0.1, 0.15) is 31.2 Å². The number of halogens is 2. The Bertz CT molecular complexity index is 932. The van der Waals surface area contributed by atoms with Crippen LogP contribution in [-0.2, 0) is 5.72 Å². The monoisotopic (exact) mass is 522 g/mol. The first-order chi connectivity index (χ1) is 13.6. The second-order valence-corrected chi connectivity index (χ2v) is 8.53. The van der Waals surface area contributed by atoms with E-state index < -0.39 is 5.72 Å². The zero-order valence-electron chi connectivity index (χ0n) is 16.1. The molecule has 0 spiro atoms. The summed E-state index contributed by atoms with van der Waals surface area (Å²) in [4.78, 5) is 2.26. The van der Waals surface area contributed by atoms with Crippen molar-refractivity contribution in [1.82, 2.24) is 0 Å².